The van der Waals surface area contributed by atoms with Gasteiger partial charge >= 0.3 is 5.97 Å². The molecule has 6 nitrogen and oxygen atoms in total. The number of nitrogens with one attached hydrogen (secondary N) is 2. The van der Waals surface area contributed by atoms with E-state index in [0.717, 1.165) is 0 Å². The SMILES string of the molecule is CC(=NCC(=O)O)c1c(N)cc(NC2(c3c(F)ccc(Cl)c3Cl)CCNC2)cc1F. The zero-order valence-corrected chi connectivity index (χ0v) is 17.5. The number of carbonyl (C=O) groups is 1. The molecule has 0 radical (unpaired) electrons. The standard InChI is InChI=1S/C20H20Cl2F2N4O2/c1-10(27-8-16(29)30)17-14(24)6-11(7-15(17)25)28-20(4-5-26-9-20)18-13(23)3-2-12(21)19(18)22/h2-3,6-7,26,28H,4-5,8-9,25H2,1H3,(H,29,30). The number of hydrogen-bond acceptors (Lipinski definition) is 5. The van der Waals surface area contributed by atoms with Crippen LogP contribution in [0.3, 0.4) is 0 Å². The Hall–Kier alpha value is -2.42. The summed E-state index contributed by atoms with van der Waals surface area (Å²) in [4.78, 5) is 14.5. The average molecular weight is 457 g/mol. The Morgan fingerprint density at radius 3 is 2.67 bits per heavy atom. The van der Waals surface area contributed by atoms with Gasteiger partial charge in [0.2, 0.25) is 0 Å². The number of nitrogens with two attached hydrogens (primary N) is 1. The highest BCUT2D eigenvalue weighted by molar-refractivity contribution is 6.42. The molecule has 160 valence electrons. The highest BCUT2D eigenvalue weighted by Gasteiger charge is 2.40. The molecule has 1 heterocycles. The molecular formula is C20H20Cl2F2N4O2. The summed E-state index contributed by atoms with van der Waals surface area (Å²) in [6.45, 7) is 1.92. The molecule has 0 aromatic heterocycles. The van der Waals surface area contributed by atoms with E-state index in [1.165, 1.54) is 31.2 Å². The van der Waals surface area contributed by atoms with Crippen LogP contribution in [0.2, 0.25) is 10.0 Å². The molecule has 0 saturated carbocycles. The number of hydrogen-bond donors (Lipinski definition) is 4. The number of carboxylic acids is 1. The van der Waals surface area contributed by atoms with Crippen LogP contribution in [0.25, 0.3) is 0 Å². The lowest BCUT2D eigenvalue weighted by Gasteiger charge is -2.33. The van der Waals surface area contributed by atoms with E-state index in [4.69, 9.17) is 34.0 Å². The second-order valence-electron chi connectivity index (χ2n) is 7.07. The van der Waals surface area contributed by atoms with Gasteiger partial charge in [-0.05, 0) is 44.2 Å². The lowest BCUT2D eigenvalue weighted by molar-refractivity contribution is -0.135. The summed E-state index contributed by atoms with van der Waals surface area (Å²) >= 11 is 12.4. The fraction of sp³-hybridized carbons (Fsp3) is 0.300. The van der Waals surface area contributed by atoms with Gasteiger partial charge < -0.3 is 21.5 Å². The first-order valence-electron chi connectivity index (χ1n) is 9.10. The summed E-state index contributed by atoms with van der Waals surface area (Å²) < 4.78 is 29.6. The molecule has 30 heavy (non-hydrogen) atoms. The maximum atomic E-state index is 14.8. The molecule has 0 aliphatic carbocycles. The van der Waals surface area contributed by atoms with Gasteiger partial charge in [-0.2, -0.15) is 0 Å². The zero-order valence-electron chi connectivity index (χ0n) is 16.0. The minimum atomic E-state index is -1.14. The monoisotopic (exact) mass is 456 g/mol. The number of carboxylic acid groups (broad SMARTS) is 1. The minimum Gasteiger partial charge on any atom is -0.480 e. The van der Waals surface area contributed by atoms with Crippen molar-refractivity contribution in [3.8, 4) is 0 Å². The summed E-state index contributed by atoms with van der Waals surface area (Å²) in [6, 6.07) is 5.33. The van der Waals surface area contributed by atoms with Crippen LogP contribution in [0.4, 0.5) is 20.2 Å². The van der Waals surface area contributed by atoms with Gasteiger partial charge in [-0.1, -0.05) is 23.2 Å². The second-order valence-corrected chi connectivity index (χ2v) is 7.85. The van der Waals surface area contributed by atoms with Gasteiger partial charge in [0.05, 0.1) is 21.1 Å². The minimum absolute atomic E-state index is 0.0207. The first kappa shape index (κ1) is 22.3. The van der Waals surface area contributed by atoms with Gasteiger partial charge in [0.15, 0.2) is 0 Å². The van der Waals surface area contributed by atoms with Crippen molar-refractivity contribution in [2.75, 3.05) is 30.7 Å². The third-order valence-electron chi connectivity index (χ3n) is 5.00. The van der Waals surface area contributed by atoms with Crippen LogP contribution in [-0.4, -0.2) is 36.4 Å². The molecule has 1 atom stereocenters. The fourth-order valence-electron chi connectivity index (χ4n) is 3.66. The number of rotatable bonds is 6. The molecule has 1 saturated heterocycles. The normalized spacial score (nSPS) is 19.2. The number of aliphatic carboxylic acids is 1. The van der Waals surface area contributed by atoms with Crippen molar-refractivity contribution in [2.45, 2.75) is 18.9 Å². The molecule has 5 N–H and O–H groups in total. The molecule has 0 spiro atoms. The van der Waals surface area contributed by atoms with Crippen LogP contribution >= 0.6 is 23.2 Å². The maximum absolute atomic E-state index is 14.8. The first-order valence-corrected chi connectivity index (χ1v) is 9.85. The van der Waals surface area contributed by atoms with Gasteiger partial charge in [-0.3, -0.25) is 9.79 Å². The maximum Gasteiger partial charge on any atom is 0.325 e. The Bertz CT molecular complexity index is 1000. The van der Waals surface area contributed by atoms with Gasteiger partial charge in [0, 0.05) is 29.2 Å². The zero-order chi connectivity index (χ0) is 22.1. The van der Waals surface area contributed by atoms with E-state index >= 15 is 0 Å². The molecular weight excluding hydrogens is 437 g/mol. The lowest BCUT2D eigenvalue weighted by Crippen LogP contribution is -2.39. The van der Waals surface area contributed by atoms with E-state index in [2.05, 4.69) is 15.6 Å². The van der Waals surface area contributed by atoms with Crippen LogP contribution in [-0.2, 0) is 10.3 Å². The third-order valence-corrected chi connectivity index (χ3v) is 5.80. The Morgan fingerprint density at radius 2 is 2.07 bits per heavy atom. The van der Waals surface area contributed by atoms with Crippen LogP contribution in [0.1, 0.15) is 24.5 Å². The second kappa shape index (κ2) is 8.75. The molecule has 10 heteroatoms. The van der Waals surface area contributed by atoms with Gasteiger partial charge in [0.25, 0.3) is 0 Å². The summed E-state index contributed by atoms with van der Waals surface area (Å²) in [6.07, 6.45) is 0.479. The van der Waals surface area contributed by atoms with Crippen LogP contribution in [0.15, 0.2) is 29.3 Å². The van der Waals surface area contributed by atoms with Crippen molar-refractivity contribution in [3.05, 3.63) is 57.1 Å². The van der Waals surface area contributed by atoms with E-state index in [9.17, 15) is 13.6 Å². The largest absolute Gasteiger partial charge is 0.480 e. The summed E-state index contributed by atoms with van der Waals surface area (Å²) in [5.41, 5.74) is 5.84. The number of aliphatic imine (C=N–C) groups is 1. The van der Waals surface area contributed by atoms with Crippen molar-refractivity contribution < 1.29 is 18.7 Å². The molecule has 1 fully saturated rings. The van der Waals surface area contributed by atoms with Crippen LogP contribution in [0.5, 0.6) is 0 Å². The molecule has 2 aromatic carbocycles. The quantitative estimate of drug-likeness (QED) is 0.298. The topological polar surface area (TPSA) is 99.7 Å². The van der Waals surface area contributed by atoms with Crippen LogP contribution < -0.4 is 16.4 Å². The predicted molar refractivity (Wildman–Crippen MR) is 115 cm³/mol. The Kier molecular flexibility index (Phi) is 6.50. The summed E-state index contributed by atoms with van der Waals surface area (Å²) in [5, 5.41) is 15.4. The first-order chi connectivity index (χ1) is 14.1. The molecule has 1 aliphatic heterocycles. The van der Waals surface area contributed by atoms with E-state index in [-0.39, 0.29) is 32.6 Å². The number of nitrogen functional groups attached to an aromatic ring is 1. The number of anilines is 2. The van der Waals surface area contributed by atoms with Crippen molar-refractivity contribution in [1.29, 1.82) is 0 Å². The van der Waals surface area contributed by atoms with E-state index in [1.54, 1.807) is 0 Å². The fourth-order valence-corrected chi connectivity index (χ4v) is 4.16. The van der Waals surface area contributed by atoms with Gasteiger partial charge in [0.1, 0.15) is 18.2 Å². The molecule has 1 unspecified atom stereocenters. The van der Waals surface area contributed by atoms with Crippen molar-refractivity contribution in [1.82, 2.24) is 5.32 Å². The number of benzene rings is 2. The van der Waals surface area contributed by atoms with Crippen LogP contribution in [0, 0.1) is 11.6 Å². The molecule has 3 rings (SSSR count). The average Bonchev–Trinajstić information content (AvgIpc) is 3.11. The highest BCUT2D eigenvalue weighted by Crippen LogP contribution is 2.41. The molecule has 2 aromatic rings. The molecule has 0 amide bonds. The predicted octanol–water partition coefficient (Wildman–Crippen LogP) is 4.05. The molecule has 0 bridgehead atoms. The Labute approximate surface area is 182 Å². The Balaban J connectivity index is 2.01. The van der Waals surface area contributed by atoms with Crippen molar-refractivity contribution >= 4 is 46.3 Å². The highest BCUT2D eigenvalue weighted by atomic mass is 35.5. The van der Waals surface area contributed by atoms with Crippen molar-refractivity contribution in [3.63, 3.8) is 0 Å². The van der Waals surface area contributed by atoms with Gasteiger partial charge in [-0.25, -0.2) is 8.78 Å². The smallest absolute Gasteiger partial charge is 0.325 e. The van der Waals surface area contributed by atoms with Crippen molar-refractivity contribution in [2.24, 2.45) is 4.99 Å². The molecule has 1 aliphatic rings. The summed E-state index contributed by atoms with van der Waals surface area (Å²) in [7, 11) is 0. The summed E-state index contributed by atoms with van der Waals surface area (Å²) in [5.74, 6) is -2.34. The van der Waals surface area contributed by atoms with Gasteiger partial charge in [-0.15, -0.1) is 0 Å². The van der Waals surface area contributed by atoms with E-state index in [0.29, 0.717) is 25.2 Å². The lowest BCUT2D eigenvalue weighted by atomic mass is 9.87. The van der Waals surface area contributed by atoms with E-state index in [1.807, 2.05) is 0 Å². The number of nitrogens with zero attached hydrogens (tertiary/aromatic N) is 1. The van der Waals surface area contributed by atoms with E-state index < -0.39 is 29.7 Å². The third kappa shape index (κ3) is 4.35. The Morgan fingerprint density at radius 1 is 1.33 bits per heavy atom. The number of halogens is 4.